The molecule has 0 bridgehead atoms. The maximum atomic E-state index is 4.73. The van der Waals surface area contributed by atoms with Gasteiger partial charge in [0.15, 0.2) is 18.4 Å². The van der Waals surface area contributed by atoms with Crippen LogP contribution < -0.4 is 9.13 Å². The molecule has 1 aliphatic rings. The van der Waals surface area contributed by atoms with E-state index in [0.29, 0.717) is 0 Å². The molecule has 0 saturated carbocycles. The van der Waals surface area contributed by atoms with Crippen LogP contribution >= 0.6 is 0 Å². The zero-order valence-corrected chi connectivity index (χ0v) is 21.0. The molecule has 0 fully saturated rings. The summed E-state index contributed by atoms with van der Waals surface area (Å²) in [6, 6.07) is 45.5. The lowest BCUT2D eigenvalue weighted by molar-refractivity contribution is -0.703. The molecule has 1 aliphatic heterocycles. The Balaban J connectivity index is 1.57. The van der Waals surface area contributed by atoms with Crippen LogP contribution in [0.1, 0.15) is 17.2 Å². The van der Waals surface area contributed by atoms with Crippen molar-refractivity contribution in [3.05, 3.63) is 157 Å². The van der Waals surface area contributed by atoms with Crippen LogP contribution in [0.3, 0.4) is 0 Å². The Labute approximate surface area is 223 Å². The third-order valence-electron chi connectivity index (χ3n) is 7.49. The van der Waals surface area contributed by atoms with Gasteiger partial charge >= 0.3 is 0 Å². The zero-order valence-electron chi connectivity index (χ0n) is 21.0. The second-order valence-electron chi connectivity index (χ2n) is 9.65. The van der Waals surface area contributed by atoms with E-state index in [1.165, 1.54) is 33.6 Å². The Morgan fingerprint density at radius 1 is 0.553 bits per heavy atom. The summed E-state index contributed by atoms with van der Waals surface area (Å²) in [6.45, 7) is 0. The first kappa shape index (κ1) is 22.3. The van der Waals surface area contributed by atoms with E-state index in [-0.39, 0.29) is 6.04 Å². The molecule has 1 unspecified atom stereocenters. The standard InChI is InChI=1S/C35H27N3/c1-2-14-27-26(13-1)25-35(29-16-4-3-15-28(29)31-18-7-10-22-36-31)38-24-12-9-21-34(38)30-17-5-6-19-33(30)37-23-11-8-20-32(27)37/h1-24,35H,25H2/q+2. The largest absolute Gasteiger partial charge is 0.256 e. The Morgan fingerprint density at radius 3 is 2.11 bits per heavy atom. The van der Waals surface area contributed by atoms with Crippen molar-refractivity contribution < 1.29 is 9.13 Å². The van der Waals surface area contributed by atoms with E-state index < -0.39 is 0 Å². The van der Waals surface area contributed by atoms with Crippen molar-refractivity contribution >= 4 is 0 Å². The maximum Gasteiger partial charge on any atom is 0.225 e. The fraction of sp³-hybridized carbons (Fsp3) is 0.0571. The average Bonchev–Trinajstić information content (AvgIpc) is 3.00. The van der Waals surface area contributed by atoms with Crippen molar-refractivity contribution in [1.82, 2.24) is 4.98 Å². The highest BCUT2D eigenvalue weighted by Crippen LogP contribution is 2.34. The summed E-state index contributed by atoms with van der Waals surface area (Å²) >= 11 is 0. The number of pyridine rings is 3. The Morgan fingerprint density at radius 2 is 1.24 bits per heavy atom. The summed E-state index contributed by atoms with van der Waals surface area (Å²) in [5.74, 6) is 0. The number of nitrogens with zero attached hydrogens (tertiary/aromatic N) is 3. The van der Waals surface area contributed by atoms with Gasteiger partial charge in [-0.3, -0.25) is 4.98 Å². The number of para-hydroxylation sites is 1. The Kier molecular flexibility index (Phi) is 5.60. The van der Waals surface area contributed by atoms with Gasteiger partial charge in [0, 0.05) is 54.1 Å². The monoisotopic (exact) mass is 489 g/mol. The summed E-state index contributed by atoms with van der Waals surface area (Å²) in [6.07, 6.45) is 7.12. The van der Waals surface area contributed by atoms with Gasteiger partial charge in [0.1, 0.15) is 5.56 Å². The number of fused-ring (bicyclic) bond motifs is 7. The van der Waals surface area contributed by atoms with Crippen LogP contribution in [-0.4, -0.2) is 4.98 Å². The minimum absolute atomic E-state index is 0.0638. The Bertz CT molecular complexity index is 1760. The summed E-state index contributed by atoms with van der Waals surface area (Å²) in [7, 11) is 0. The molecule has 0 N–H and O–H groups in total. The van der Waals surface area contributed by atoms with Crippen LogP contribution in [0.25, 0.3) is 39.5 Å². The molecule has 0 amide bonds. The van der Waals surface area contributed by atoms with Gasteiger partial charge in [-0.05, 0) is 42.0 Å². The molecule has 1 atom stereocenters. The minimum Gasteiger partial charge on any atom is -0.256 e. The first-order valence-electron chi connectivity index (χ1n) is 13.1. The van der Waals surface area contributed by atoms with Gasteiger partial charge in [-0.1, -0.05) is 60.7 Å². The summed E-state index contributed by atoms with van der Waals surface area (Å²) < 4.78 is 4.78. The van der Waals surface area contributed by atoms with Crippen LogP contribution in [0.2, 0.25) is 0 Å². The molecule has 4 heterocycles. The topological polar surface area (TPSA) is 20.6 Å². The fourth-order valence-corrected chi connectivity index (χ4v) is 5.79. The Hall–Kier alpha value is -4.89. The van der Waals surface area contributed by atoms with E-state index in [4.69, 9.17) is 4.98 Å². The predicted molar refractivity (Wildman–Crippen MR) is 151 cm³/mol. The van der Waals surface area contributed by atoms with Crippen LogP contribution in [-0.2, 0) is 6.42 Å². The van der Waals surface area contributed by atoms with Crippen molar-refractivity contribution in [3.8, 4) is 39.5 Å². The fourth-order valence-electron chi connectivity index (χ4n) is 5.79. The highest BCUT2D eigenvalue weighted by molar-refractivity contribution is 5.69. The third kappa shape index (κ3) is 3.80. The number of aromatic nitrogens is 3. The highest BCUT2D eigenvalue weighted by atomic mass is 15.0. The predicted octanol–water partition coefficient (Wildman–Crippen LogP) is 6.79. The van der Waals surface area contributed by atoms with Crippen molar-refractivity contribution in [2.45, 2.75) is 12.5 Å². The lowest BCUT2D eigenvalue weighted by Crippen LogP contribution is -2.45. The second kappa shape index (κ2) is 9.53. The summed E-state index contributed by atoms with van der Waals surface area (Å²) in [5, 5.41) is 0. The average molecular weight is 490 g/mol. The molecule has 0 spiro atoms. The van der Waals surface area contributed by atoms with E-state index in [1.54, 1.807) is 0 Å². The minimum atomic E-state index is 0.0638. The quantitative estimate of drug-likeness (QED) is 0.245. The second-order valence-corrected chi connectivity index (χ2v) is 9.65. The van der Waals surface area contributed by atoms with Crippen LogP contribution in [0.15, 0.2) is 146 Å². The molecular weight excluding hydrogens is 462 g/mol. The maximum absolute atomic E-state index is 4.73. The first-order chi connectivity index (χ1) is 18.9. The van der Waals surface area contributed by atoms with Gasteiger partial charge in [-0.15, -0.1) is 0 Å². The van der Waals surface area contributed by atoms with E-state index in [2.05, 4.69) is 143 Å². The highest BCUT2D eigenvalue weighted by Gasteiger charge is 2.34. The van der Waals surface area contributed by atoms with E-state index >= 15 is 0 Å². The lowest BCUT2D eigenvalue weighted by Gasteiger charge is -2.21. The van der Waals surface area contributed by atoms with Crippen LogP contribution in [0.5, 0.6) is 0 Å². The van der Waals surface area contributed by atoms with Gasteiger partial charge in [-0.2, -0.15) is 9.13 Å². The van der Waals surface area contributed by atoms with Crippen LogP contribution in [0.4, 0.5) is 0 Å². The van der Waals surface area contributed by atoms with Gasteiger partial charge in [0.05, 0.1) is 11.3 Å². The number of hydrogen-bond acceptors (Lipinski definition) is 1. The number of rotatable bonds is 2. The molecule has 6 aromatic rings. The SMILES string of the molecule is c1ccc(-c2ccccc2C2Cc3ccccc3-c3cccc[n+]3-c3ccccc3-c3cccc[n+]32)nc1. The molecule has 3 aromatic heterocycles. The van der Waals surface area contributed by atoms with Gasteiger partial charge in [-0.25, -0.2) is 0 Å². The molecule has 7 rings (SSSR count). The lowest BCUT2D eigenvalue weighted by atomic mass is 9.89. The zero-order chi connectivity index (χ0) is 25.3. The molecule has 38 heavy (non-hydrogen) atoms. The molecule has 0 saturated heterocycles. The first-order valence-corrected chi connectivity index (χ1v) is 13.1. The molecule has 3 nitrogen and oxygen atoms in total. The van der Waals surface area contributed by atoms with E-state index in [0.717, 1.165) is 23.4 Å². The molecule has 0 radical (unpaired) electrons. The third-order valence-corrected chi connectivity index (χ3v) is 7.49. The number of benzene rings is 3. The normalized spacial score (nSPS) is 13.9. The van der Waals surface area contributed by atoms with E-state index in [1.807, 2.05) is 12.3 Å². The van der Waals surface area contributed by atoms with Crippen molar-refractivity contribution in [2.75, 3.05) is 0 Å². The smallest absolute Gasteiger partial charge is 0.225 e. The van der Waals surface area contributed by atoms with E-state index in [9.17, 15) is 0 Å². The van der Waals surface area contributed by atoms with Crippen molar-refractivity contribution in [3.63, 3.8) is 0 Å². The van der Waals surface area contributed by atoms with Gasteiger partial charge < -0.3 is 0 Å². The molecule has 0 aliphatic carbocycles. The molecule has 180 valence electrons. The van der Waals surface area contributed by atoms with Gasteiger partial charge in [0.2, 0.25) is 17.1 Å². The molecule has 3 heteroatoms. The summed E-state index contributed by atoms with van der Waals surface area (Å²) in [4.78, 5) is 4.73. The summed E-state index contributed by atoms with van der Waals surface area (Å²) in [5.41, 5.74) is 10.7. The number of hydrogen-bond donors (Lipinski definition) is 0. The van der Waals surface area contributed by atoms with Crippen molar-refractivity contribution in [1.29, 1.82) is 0 Å². The molecular formula is C35H27N3+2. The van der Waals surface area contributed by atoms with Crippen LogP contribution in [0, 0.1) is 0 Å². The van der Waals surface area contributed by atoms with Gasteiger partial charge in [0.25, 0.3) is 0 Å². The van der Waals surface area contributed by atoms with Crippen molar-refractivity contribution in [2.24, 2.45) is 0 Å². The molecule has 3 aromatic carbocycles.